The van der Waals surface area contributed by atoms with Crippen LogP contribution in [0.3, 0.4) is 0 Å². The summed E-state index contributed by atoms with van der Waals surface area (Å²) in [5.41, 5.74) is 9.36. The Morgan fingerprint density at radius 3 is 2.83 bits per heavy atom. The van der Waals surface area contributed by atoms with Gasteiger partial charge in [0.15, 0.2) is 0 Å². The first-order valence-corrected chi connectivity index (χ1v) is 8.06. The number of nitrogens with two attached hydrogens (primary N) is 1. The quantitative estimate of drug-likeness (QED) is 0.805. The van der Waals surface area contributed by atoms with Crippen LogP contribution >= 0.6 is 45.5 Å². The molecule has 98 valence electrons. The smallest absolute Gasteiger partial charge is 0.0850 e. The first kappa shape index (κ1) is 14.3. The first-order valence-electron chi connectivity index (χ1n) is 5.72. The summed E-state index contributed by atoms with van der Waals surface area (Å²) in [5.74, 6) is 0. The van der Waals surface area contributed by atoms with Crippen LogP contribution in [0.15, 0.2) is 11.4 Å². The molecule has 0 saturated carbocycles. The molecule has 2 rings (SSSR count). The number of aryl methyl sites for hydroxylation is 2. The van der Waals surface area contributed by atoms with Crippen molar-refractivity contribution in [3.8, 4) is 0 Å². The van der Waals surface area contributed by atoms with Gasteiger partial charge in [0.2, 0.25) is 0 Å². The molecule has 0 saturated heterocycles. The second-order valence-corrected chi connectivity index (χ2v) is 7.36. The van der Waals surface area contributed by atoms with Gasteiger partial charge in [0, 0.05) is 19.5 Å². The van der Waals surface area contributed by atoms with E-state index < -0.39 is 0 Å². The van der Waals surface area contributed by atoms with Crippen molar-refractivity contribution in [1.82, 2.24) is 9.78 Å². The Hall–Kier alpha value is -0.110. The van der Waals surface area contributed by atoms with Crippen molar-refractivity contribution in [3.63, 3.8) is 0 Å². The van der Waals surface area contributed by atoms with Crippen molar-refractivity contribution in [3.05, 3.63) is 36.3 Å². The van der Waals surface area contributed by atoms with Crippen molar-refractivity contribution in [1.29, 1.82) is 0 Å². The molecule has 0 radical (unpaired) electrons. The topological polar surface area (TPSA) is 43.8 Å². The van der Waals surface area contributed by atoms with Crippen LogP contribution in [0.2, 0.25) is 5.02 Å². The van der Waals surface area contributed by atoms with Gasteiger partial charge >= 0.3 is 0 Å². The summed E-state index contributed by atoms with van der Waals surface area (Å²) in [7, 11) is 1.92. The van der Waals surface area contributed by atoms with Gasteiger partial charge in [-0.05, 0) is 46.0 Å². The molecule has 2 heterocycles. The molecule has 0 bridgehead atoms. The van der Waals surface area contributed by atoms with Gasteiger partial charge in [0.1, 0.15) is 0 Å². The lowest BCUT2D eigenvalue weighted by Gasteiger charge is -2.10. The molecule has 6 heteroatoms. The van der Waals surface area contributed by atoms with Crippen LogP contribution in [0.25, 0.3) is 0 Å². The van der Waals surface area contributed by atoms with Gasteiger partial charge in [-0.3, -0.25) is 4.68 Å². The van der Waals surface area contributed by atoms with Gasteiger partial charge in [0.25, 0.3) is 0 Å². The SMILES string of the molecule is CCc1nn(C)c(CC(N)c2csc(I)c2)c1Cl. The Morgan fingerprint density at radius 1 is 1.61 bits per heavy atom. The monoisotopic (exact) mass is 395 g/mol. The minimum atomic E-state index is -0.0256. The van der Waals surface area contributed by atoms with Crippen LogP contribution in [-0.4, -0.2) is 9.78 Å². The molecule has 3 nitrogen and oxygen atoms in total. The summed E-state index contributed by atoms with van der Waals surface area (Å²) < 4.78 is 3.10. The Kier molecular flexibility index (Phi) is 4.69. The number of thiophene rings is 1. The maximum Gasteiger partial charge on any atom is 0.0850 e. The highest BCUT2D eigenvalue weighted by Crippen LogP contribution is 2.27. The third-order valence-electron chi connectivity index (χ3n) is 2.93. The molecule has 2 N–H and O–H groups in total. The highest BCUT2D eigenvalue weighted by molar-refractivity contribution is 14.1. The van der Waals surface area contributed by atoms with Gasteiger partial charge in [-0.15, -0.1) is 11.3 Å². The Balaban J connectivity index is 2.21. The van der Waals surface area contributed by atoms with E-state index in [9.17, 15) is 0 Å². The van der Waals surface area contributed by atoms with Gasteiger partial charge < -0.3 is 5.73 Å². The number of rotatable bonds is 4. The molecule has 0 amide bonds. The first-order chi connectivity index (χ1) is 8.52. The lowest BCUT2D eigenvalue weighted by Crippen LogP contribution is -2.15. The molecule has 0 aliphatic heterocycles. The zero-order chi connectivity index (χ0) is 13.3. The molecule has 0 spiro atoms. The van der Waals surface area contributed by atoms with Crippen LogP contribution in [0.4, 0.5) is 0 Å². The predicted molar refractivity (Wildman–Crippen MR) is 85.3 cm³/mol. The Bertz CT molecular complexity index is 550. The van der Waals surface area contributed by atoms with Crippen molar-refractivity contribution in [2.45, 2.75) is 25.8 Å². The highest BCUT2D eigenvalue weighted by atomic mass is 127. The molecule has 0 aliphatic rings. The van der Waals surface area contributed by atoms with Gasteiger partial charge in [-0.25, -0.2) is 0 Å². The zero-order valence-electron chi connectivity index (χ0n) is 10.3. The van der Waals surface area contributed by atoms with Crippen LogP contribution in [-0.2, 0) is 19.9 Å². The second-order valence-electron chi connectivity index (χ2n) is 4.18. The van der Waals surface area contributed by atoms with E-state index >= 15 is 0 Å². The fraction of sp³-hybridized carbons (Fsp3) is 0.417. The van der Waals surface area contributed by atoms with Crippen LogP contribution in [0.1, 0.15) is 29.9 Å². The summed E-state index contributed by atoms with van der Waals surface area (Å²) in [4.78, 5) is 0. The summed E-state index contributed by atoms with van der Waals surface area (Å²) in [6, 6.07) is 2.10. The van der Waals surface area contributed by atoms with Crippen LogP contribution in [0, 0.1) is 2.88 Å². The minimum Gasteiger partial charge on any atom is -0.324 e. The van der Waals surface area contributed by atoms with Gasteiger partial charge in [-0.2, -0.15) is 5.10 Å². The van der Waals surface area contributed by atoms with E-state index in [0.29, 0.717) is 0 Å². The summed E-state index contributed by atoms with van der Waals surface area (Å²) in [6.45, 7) is 2.05. The molecule has 0 aromatic carbocycles. The van der Waals surface area contributed by atoms with E-state index in [0.717, 1.165) is 29.3 Å². The third-order valence-corrected chi connectivity index (χ3v) is 5.18. The number of hydrogen-bond acceptors (Lipinski definition) is 3. The maximum atomic E-state index is 6.33. The maximum absolute atomic E-state index is 6.33. The lowest BCUT2D eigenvalue weighted by molar-refractivity contribution is 0.639. The molecule has 1 atom stereocenters. The highest BCUT2D eigenvalue weighted by Gasteiger charge is 2.17. The predicted octanol–water partition coefficient (Wildman–Crippen LogP) is 3.54. The average molecular weight is 396 g/mol. The second kappa shape index (κ2) is 5.90. The van der Waals surface area contributed by atoms with Crippen molar-refractivity contribution in [2.75, 3.05) is 0 Å². The van der Waals surface area contributed by atoms with Crippen molar-refractivity contribution >= 4 is 45.5 Å². The normalized spacial score (nSPS) is 12.9. The van der Waals surface area contributed by atoms with Crippen LogP contribution in [0.5, 0.6) is 0 Å². The van der Waals surface area contributed by atoms with E-state index in [-0.39, 0.29) is 6.04 Å². The summed E-state index contributed by atoms with van der Waals surface area (Å²) in [5, 5.41) is 7.28. The van der Waals surface area contributed by atoms with E-state index in [1.807, 2.05) is 11.7 Å². The third kappa shape index (κ3) is 2.89. The van der Waals surface area contributed by atoms with Gasteiger partial charge in [0.05, 0.1) is 19.3 Å². The number of nitrogens with zero attached hydrogens (tertiary/aromatic N) is 2. The van der Waals surface area contributed by atoms with Crippen molar-refractivity contribution in [2.24, 2.45) is 12.8 Å². The van der Waals surface area contributed by atoms with E-state index in [1.165, 1.54) is 8.45 Å². The van der Waals surface area contributed by atoms with E-state index in [4.69, 9.17) is 17.3 Å². The van der Waals surface area contributed by atoms with E-state index in [2.05, 4.69) is 46.1 Å². The molecule has 0 fully saturated rings. The number of hydrogen-bond donors (Lipinski definition) is 1. The number of aromatic nitrogens is 2. The largest absolute Gasteiger partial charge is 0.324 e. The molecule has 0 aliphatic carbocycles. The summed E-state index contributed by atoms with van der Waals surface area (Å²) >= 11 is 10.3. The Morgan fingerprint density at radius 2 is 2.33 bits per heavy atom. The molecular weight excluding hydrogens is 381 g/mol. The Labute approximate surface area is 129 Å². The molecule has 18 heavy (non-hydrogen) atoms. The molecule has 2 aromatic heterocycles. The lowest BCUT2D eigenvalue weighted by atomic mass is 10.1. The summed E-state index contributed by atoms with van der Waals surface area (Å²) in [6.07, 6.45) is 1.56. The van der Waals surface area contributed by atoms with Crippen LogP contribution < -0.4 is 5.73 Å². The average Bonchev–Trinajstić information content (AvgIpc) is 2.87. The zero-order valence-corrected chi connectivity index (χ0v) is 14.0. The standard InChI is InChI=1S/C12H15ClIN3S/c1-3-9-12(13)10(17(2)16-9)5-8(15)7-4-11(14)18-6-7/h4,6,8H,3,5,15H2,1-2H3. The number of halogens is 2. The molecule has 1 unspecified atom stereocenters. The van der Waals surface area contributed by atoms with Crippen molar-refractivity contribution < 1.29 is 0 Å². The minimum absolute atomic E-state index is 0.0256. The molecular formula is C12H15ClIN3S. The molecule has 2 aromatic rings. The fourth-order valence-electron chi connectivity index (χ4n) is 1.89. The van der Waals surface area contributed by atoms with E-state index in [1.54, 1.807) is 11.3 Å². The van der Waals surface area contributed by atoms with Gasteiger partial charge in [-0.1, -0.05) is 18.5 Å². The fourth-order valence-corrected chi connectivity index (χ4v) is 3.69.